The standard InChI is InChI=1S/C20H27N3O2.ClH/c21-19-16-7-6-15(10-16)18(19)20(25)22-11-13-3-1-4-14(9-13)12-23-8-2-5-17(23)24;/h1,3-4,9,15-16,18-19H,2,5-8,10-12,21H2,(H,22,25);1H. The average molecular weight is 378 g/mol. The zero-order chi connectivity index (χ0) is 17.4. The number of hydrogen-bond acceptors (Lipinski definition) is 3. The van der Waals surface area contributed by atoms with Gasteiger partial charge in [-0.25, -0.2) is 0 Å². The molecule has 4 rings (SSSR count). The van der Waals surface area contributed by atoms with Crippen LogP contribution in [-0.4, -0.2) is 29.3 Å². The van der Waals surface area contributed by atoms with Crippen molar-refractivity contribution < 1.29 is 9.59 Å². The lowest BCUT2D eigenvalue weighted by atomic mass is 9.84. The predicted octanol–water partition coefficient (Wildman–Crippen LogP) is 2.22. The highest BCUT2D eigenvalue weighted by atomic mass is 35.5. The molecule has 2 bridgehead atoms. The summed E-state index contributed by atoms with van der Waals surface area (Å²) in [6, 6.07) is 8.19. The highest BCUT2D eigenvalue weighted by Gasteiger charge is 2.48. The minimum absolute atomic E-state index is 0. The molecule has 2 aliphatic carbocycles. The van der Waals surface area contributed by atoms with E-state index in [4.69, 9.17) is 5.73 Å². The number of nitrogens with zero attached hydrogens (tertiary/aromatic N) is 1. The van der Waals surface area contributed by atoms with Gasteiger partial charge in [-0.15, -0.1) is 12.4 Å². The fraction of sp³-hybridized carbons (Fsp3) is 0.600. The molecule has 0 radical (unpaired) electrons. The first-order chi connectivity index (χ1) is 12.1. The number of benzene rings is 1. The maximum atomic E-state index is 12.6. The van der Waals surface area contributed by atoms with Crippen LogP contribution in [0.5, 0.6) is 0 Å². The highest BCUT2D eigenvalue weighted by Crippen LogP contribution is 2.47. The number of carbonyl (C=O) groups is 2. The smallest absolute Gasteiger partial charge is 0.225 e. The van der Waals surface area contributed by atoms with E-state index in [0.717, 1.165) is 36.9 Å². The third-order valence-corrected chi connectivity index (χ3v) is 6.29. The summed E-state index contributed by atoms with van der Waals surface area (Å²) in [5.74, 6) is 1.36. The van der Waals surface area contributed by atoms with Crippen LogP contribution in [-0.2, 0) is 22.7 Å². The normalized spacial score (nSPS) is 29.7. The molecule has 26 heavy (non-hydrogen) atoms. The van der Waals surface area contributed by atoms with E-state index in [2.05, 4.69) is 11.4 Å². The fourth-order valence-electron chi connectivity index (χ4n) is 4.96. The summed E-state index contributed by atoms with van der Waals surface area (Å²) in [5.41, 5.74) is 8.47. The van der Waals surface area contributed by atoms with Gasteiger partial charge in [0.25, 0.3) is 0 Å². The van der Waals surface area contributed by atoms with Crippen LogP contribution in [0.2, 0.25) is 0 Å². The summed E-state index contributed by atoms with van der Waals surface area (Å²) in [5, 5.41) is 3.09. The van der Waals surface area contributed by atoms with Crippen molar-refractivity contribution >= 4 is 24.2 Å². The molecule has 2 amide bonds. The second kappa shape index (κ2) is 7.97. The van der Waals surface area contributed by atoms with E-state index >= 15 is 0 Å². The third-order valence-electron chi connectivity index (χ3n) is 6.29. The van der Waals surface area contributed by atoms with E-state index in [-0.39, 0.29) is 36.2 Å². The molecule has 0 aromatic heterocycles. The zero-order valence-corrected chi connectivity index (χ0v) is 15.8. The number of nitrogens with one attached hydrogen (secondary N) is 1. The Labute approximate surface area is 161 Å². The minimum Gasteiger partial charge on any atom is -0.352 e. The number of carbonyl (C=O) groups excluding carboxylic acids is 2. The molecule has 4 atom stereocenters. The molecule has 1 aliphatic heterocycles. The molecule has 142 valence electrons. The first-order valence-electron chi connectivity index (χ1n) is 9.50. The Bertz CT molecular complexity index is 679. The van der Waals surface area contributed by atoms with Gasteiger partial charge >= 0.3 is 0 Å². The zero-order valence-electron chi connectivity index (χ0n) is 15.0. The summed E-state index contributed by atoms with van der Waals surface area (Å²) in [6.45, 7) is 2.04. The summed E-state index contributed by atoms with van der Waals surface area (Å²) < 4.78 is 0. The van der Waals surface area contributed by atoms with Crippen molar-refractivity contribution in [2.45, 2.75) is 51.2 Å². The fourth-order valence-corrected chi connectivity index (χ4v) is 4.96. The second-order valence-corrected chi connectivity index (χ2v) is 7.89. The van der Waals surface area contributed by atoms with Crippen molar-refractivity contribution in [3.63, 3.8) is 0 Å². The van der Waals surface area contributed by atoms with Crippen LogP contribution >= 0.6 is 12.4 Å². The van der Waals surface area contributed by atoms with Gasteiger partial charge in [-0.05, 0) is 48.6 Å². The number of nitrogens with two attached hydrogens (primary N) is 1. The third kappa shape index (κ3) is 3.74. The largest absolute Gasteiger partial charge is 0.352 e. The Morgan fingerprint density at radius 1 is 1.23 bits per heavy atom. The molecule has 1 saturated heterocycles. The van der Waals surface area contributed by atoms with Crippen LogP contribution in [0, 0.1) is 17.8 Å². The second-order valence-electron chi connectivity index (χ2n) is 7.89. The van der Waals surface area contributed by atoms with Crippen LogP contribution in [0.1, 0.15) is 43.2 Å². The van der Waals surface area contributed by atoms with Gasteiger partial charge in [-0.3, -0.25) is 9.59 Å². The highest BCUT2D eigenvalue weighted by molar-refractivity contribution is 5.85. The molecule has 3 aliphatic rings. The molecule has 0 spiro atoms. The van der Waals surface area contributed by atoms with E-state index < -0.39 is 0 Å². The molecule has 2 saturated carbocycles. The minimum atomic E-state index is -0.0100. The lowest BCUT2D eigenvalue weighted by molar-refractivity contribution is -0.128. The van der Waals surface area contributed by atoms with E-state index in [1.54, 1.807) is 0 Å². The maximum absolute atomic E-state index is 12.6. The Hall–Kier alpha value is -1.59. The van der Waals surface area contributed by atoms with Gasteiger partial charge < -0.3 is 16.0 Å². The van der Waals surface area contributed by atoms with Gasteiger partial charge in [-0.1, -0.05) is 24.3 Å². The van der Waals surface area contributed by atoms with Crippen LogP contribution in [0.3, 0.4) is 0 Å². The Balaban J connectivity index is 0.00000196. The van der Waals surface area contributed by atoms with Gasteiger partial charge in [0.1, 0.15) is 0 Å². The molecule has 3 N–H and O–H groups in total. The number of amides is 2. The van der Waals surface area contributed by atoms with Gasteiger partial charge in [0.2, 0.25) is 11.8 Å². The van der Waals surface area contributed by atoms with E-state index in [0.29, 0.717) is 31.3 Å². The summed E-state index contributed by atoms with van der Waals surface area (Å²) >= 11 is 0. The lowest BCUT2D eigenvalue weighted by Crippen LogP contribution is -2.45. The van der Waals surface area contributed by atoms with Crippen molar-refractivity contribution in [2.24, 2.45) is 23.5 Å². The first kappa shape index (κ1) is 19.2. The van der Waals surface area contributed by atoms with Crippen molar-refractivity contribution in [2.75, 3.05) is 6.54 Å². The van der Waals surface area contributed by atoms with Crippen LogP contribution in [0.25, 0.3) is 0 Å². The van der Waals surface area contributed by atoms with Crippen LogP contribution in [0.15, 0.2) is 24.3 Å². The lowest BCUT2D eigenvalue weighted by Gasteiger charge is -2.27. The van der Waals surface area contributed by atoms with Gasteiger partial charge in [-0.2, -0.15) is 0 Å². The number of fused-ring (bicyclic) bond motifs is 2. The first-order valence-corrected chi connectivity index (χ1v) is 9.50. The molecule has 1 aromatic carbocycles. The molecule has 4 unspecified atom stereocenters. The van der Waals surface area contributed by atoms with Gasteiger partial charge in [0, 0.05) is 32.1 Å². The molecule has 6 heteroatoms. The average Bonchev–Trinajstić information content (AvgIpc) is 3.30. The van der Waals surface area contributed by atoms with Crippen molar-refractivity contribution in [3.05, 3.63) is 35.4 Å². The number of hydrogen-bond donors (Lipinski definition) is 2. The van der Waals surface area contributed by atoms with Crippen LogP contribution in [0.4, 0.5) is 0 Å². The van der Waals surface area contributed by atoms with E-state index in [1.165, 1.54) is 6.42 Å². The maximum Gasteiger partial charge on any atom is 0.225 e. The van der Waals surface area contributed by atoms with E-state index in [1.807, 2.05) is 23.1 Å². The SMILES string of the molecule is Cl.NC1C2CCC(C2)C1C(=O)NCc1cccc(CN2CCCC2=O)c1. The molecular formula is C20H28ClN3O2. The van der Waals surface area contributed by atoms with Crippen molar-refractivity contribution in [1.29, 1.82) is 0 Å². The molecule has 3 fully saturated rings. The van der Waals surface area contributed by atoms with E-state index in [9.17, 15) is 9.59 Å². The summed E-state index contributed by atoms with van der Waals surface area (Å²) in [4.78, 5) is 26.3. The summed E-state index contributed by atoms with van der Waals surface area (Å²) in [7, 11) is 0. The molecule has 5 nitrogen and oxygen atoms in total. The van der Waals surface area contributed by atoms with Crippen molar-refractivity contribution in [3.8, 4) is 0 Å². The Kier molecular flexibility index (Phi) is 5.88. The Morgan fingerprint density at radius 3 is 2.69 bits per heavy atom. The number of likely N-dealkylation sites (tertiary alicyclic amines) is 1. The van der Waals surface area contributed by atoms with Crippen molar-refractivity contribution in [1.82, 2.24) is 10.2 Å². The molecule has 1 heterocycles. The van der Waals surface area contributed by atoms with Crippen LogP contribution < -0.4 is 11.1 Å². The molecule has 1 aromatic rings. The number of rotatable bonds is 5. The Morgan fingerprint density at radius 2 is 2.00 bits per heavy atom. The summed E-state index contributed by atoms with van der Waals surface area (Å²) in [6.07, 6.45) is 5.08. The van der Waals surface area contributed by atoms with Gasteiger partial charge in [0.15, 0.2) is 0 Å². The number of halogens is 1. The topological polar surface area (TPSA) is 75.4 Å². The monoisotopic (exact) mass is 377 g/mol. The van der Waals surface area contributed by atoms with Gasteiger partial charge in [0.05, 0.1) is 5.92 Å². The molecular weight excluding hydrogens is 350 g/mol. The predicted molar refractivity (Wildman–Crippen MR) is 102 cm³/mol. The quantitative estimate of drug-likeness (QED) is 0.826.